The predicted octanol–water partition coefficient (Wildman–Crippen LogP) is -0.969. The van der Waals surface area contributed by atoms with Crippen molar-refractivity contribution in [3.8, 4) is 0 Å². The van der Waals surface area contributed by atoms with E-state index in [-0.39, 0.29) is 31.1 Å². The molecule has 0 heterocycles. The molecular formula is C7H7ClO16P6U. The molecule has 7 unspecified atom stereocenters. The third kappa shape index (κ3) is 41.5. The van der Waals surface area contributed by atoms with Crippen LogP contribution in [0.15, 0.2) is 30.3 Å². The van der Waals surface area contributed by atoms with Crippen LogP contribution in [-0.2, 0) is 40.3 Å². The number of halogens is 1. The minimum absolute atomic E-state index is 0. The molecule has 1 rings (SSSR count). The van der Waals surface area contributed by atoms with Crippen LogP contribution >= 0.6 is 61.1 Å². The molecule has 0 amide bonds. The van der Waals surface area contributed by atoms with Gasteiger partial charge in [0.1, 0.15) is 12.9 Å². The normalized spacial score (nSPS) is 12.9. The summed E-state index contributed by atoms with van der Waals surface area (Å²) in [6, 6.07) is 9.10. The van der Waals surface area contributed by atoms with Crippen molar-refractivity contribution in [1.29, 1.82) is 0 Å². The van der Waals surface area contributed by atoms with E-state index >= 15 is 0 Å². The van der Waals surface area contributed by atoms with Crippen LogP contribution in [0.25, 0.3) is 0 Å². The van der Waals surface area contributed by atoms with Gasteiger partial charge in [-0.2, -0.15) is 0 Å². The van der Waals surface area contributed by atoms with Crippen LogP contribution < -0.4 is 29.4 Å². The molecule has 0 aromatic heterocycles. The van der Waals surface area contributed by atoms with Crippen LogP contribution in [0.3, 0.4) is 0 Å². The summed E-state index contributed by atoms with van der Waals surface area (Å²) in [5, 5.41) is 8.79. The zero-order valence-electron chi connectivity index (χ0n) is 14.1. The Balaban J connectivity index is -0.000000156. The van der Waals surface area contributed by atoms with Crippen molar-refractivity contribution in [2.45, 2.75) is 5.56 Å². The average Bonchev–Trinajstić information content (AvgIpc) is 2.53. The van der Waals surface area contributed by atoms with E-state index in [4.69, 9.17) is 16.7 Å². The molecule has 0 bridgehead atoms. The van der Waals surface area contributed by atoms with E-state index in [0.29, 0.717) is 0 Å². The molecule has 0 aliphatic carbocycles. The molecule has 0 saturated carbocycles. The summed E-state index contributed by atoms with van der Waals surface area (Å²) >= 11 is 5.36. The third-order valence-electron chi connectivity index (χ3n) is 1.47. The molecule has 1 aromatic carbocycles. The Morgan fingerprint density at radius 3 is 0.968 bits per heavy atom. The number of hydrogen-bond donors (Lipinski definition) is 1. The van der Waals surface area contributed by atoms with Gasteiger partial charge in [-0.3, -0.25) is 0 Å². The van der Waals surface area contributed by atoms with Crippen LogP contribution in [-0.4, -0.2) is 5.11 Å². The average molecular weight is 806 g/mol. The van der Waals surface area contributed by atoms with Gasteiger partial charge in [0, 0.05) is 31.1 Å². The largest absolute Gasteiger partial charge is 0.563 e. The molecule has 172 valence electrons. The third-order valence-corrected chi connectivity index (χ3v) is 4.93. The van der Waals surface area contributed by atoms with Gasteiger partial charge in [0.25, 0.3) is 0 Å². The van der Waals surface area contributed by atoms with Crippen LogP contribution in [0.4, 0.5) is 0 Å². The predicted molar refractivity (Wildman–Crippen MR) is 86.1 cm³/mol. The number of hydrogen-bond acceptors (Lipinski definition) is 16. The first-order chi connectivity index (χ1) is 13.7. The van der Waals surface area contributed by atoms with Gasteiger partial charge in [-0.05, 0) is 33.0 Å². The van der Waals surface area contributed by atoms with Crippen molar-refractivity contribution in [1.82, 2.24) is 0 Å². The van der Waals surface area contributed by atoms with E-state index in [2.05, 4.69) is 12.9 Å². The maximum Gasteiger partial charge on any atom is 0.543 e. The van der Waals surface area contributed by atoms with Gasteiger partial charge in [-0.1, -0.05) is 41.9 Å². The zero-order valence-corrected chi connectivity index (χ0v) is 24.4. The second-order valence-electron chi connectivity index (χ2n) is 3.33. The van der Waals surface area contributed by atoms with Crippen molar-refractivity contribution in [3.63, 3.8) is 0 Å². The molecule has 31 heavy (non-hydrogen) atoms. The summed E-state index contributed by atoms with van der Waals surface area (Å²) in [4.78, 5) is 55.4. The summed E-state index contributed by atoms with van der Waals surface area (Å²) in [5.74, 6) is 0. The summed E-state index contributed by atoms with van der Waals surface area (Å²) in [6.45, 7) is 0. The summed E-state index contributed by atoms with van der Waals surface area (Å²) < 4.78 is 64.9. The molecule has 0 aliphatic heterocycles. The second-order valence-corrected chi connectivity index (χ2v) is 8.39. The zero-order chi connectivity index (χ0) is 24.3. The molecule has 1 N–H and O–H groups in total. The van der Waals surface area contributed by atoms with Gasteiger partial charge in [0.05, 0.1) is 0 Å². The number of benzene rings is 1. The van der Waals surface area contributed by atoms with E-state index in [0.717, 1.165) is 5.56 Å². The second kappa shape index (κ2) is 25.4. The first-order valence-electron chi connectivity index (χ1n) is 5.96. The monoisotopic (exact) mass is 806 g/mol. The van der Waals surface area contributed by atoms with Crippen LogP contribution in [0.5, 0.6) is 0 Å². The van der Waals surface area contributed by atoms with Crippen LogP contribution in [0.2, 0.25) is 0 Å². The van der Waals surface area contributed by atoms with Gasteiger partial charge in [-0.25, -0.2) is 0 Å². The maximum absolute atomic E-state index is 9.24. The van der Waals surface area contributed by atoms with Crippen LogP contribution in [0, 0.1) is 31.1 Å². The van der Waals surface area contributed by atoms with E-state index in [1.807, 2.05) is 18.2 Å². The Bertz CT molecular complexity index is 622. The Kier molecular flexibility index (Phi) is 31.9. The Hall–Kier alpha value is 0.762. The summed E-state index contributed by atoms with van der Waals surface area (Å²) in [7, 11) is -19.4. The summed E-state index contributed by atoms with van der Waals surface area (Å²) in [5.41, 5.74) is -0.134. The molecule has 0 radical (unpaired) electrons. The van der Waals surface area contributed by atoms with Gasteiger partial charge >= 0.3 is 49.5 Å². The first-order valence-corrected chi connectivity index (χ1v) is 13.0. The van der Waals surface area contributed by atoms with Crippen molar-refractivity contribution >= 4 is 61.1 Å². The minimum Gasteiger partial charge on any atom is -0.563 e. The number of aliphatic hydroxyl groups is 1. The van der Waals surface area contributed by atoms with Gasteiger partial charge in [0.2, 0.25) is 0 Å². The summed E-state index contributed by atoms with van der Waals surface area (Å²) in [6.07, 6.45) is 0. The standard InChI is InChI=1S/C7H7ClO.3O5P2.U/c8-7(9)6-4-2-1-3-5-6;3*1-6(2)5-7(3)4;/h1-5,7,9H;;;;. The van der Waals surface area contributed by atoms with E-state index in [1.165, 1.54) is 0 Å². The fourth-order valence-corrected chi connectivity index (χ4v) is 2.23. The number of rotatable bonds is 7. The fraction of sp³-hybridized carbons (Fsp3) is 0.143. The fourth-order valence-electron chi connectivity index (χ4n) is 0.775. The topological polar surface area (TPSA) is 289 Å². The van der Waals surface area contributed by atoms with Gasteiger partial charge in [0.15, 0.2) is 5.56 Å². The van der Waals surface area contributed by atoms with Crippen molar-refractivity contribution in [2.75, 3.05) is 0 Å². The van der Waals surface area contributed by atoms with Gasteiger partial charge < -0.3 is 34.5 Å². The Morgan fingerprint density at radius 1 is 0.645 bits per heavy atom. The molecule has 24 heteroatoms. The van der Waals surface area contributed by atoms with E-state index in [1.54, 1.807) is 12.1 Å². The quantitative estimate of drug-likeness (QED) is 0.256. The SMILES string of the molecule is O=[P+]([O-])O[P+](=O)[O-].O=[P+]([O-])O[P+](=O)[O-].O=[P+]([O-])O[P+](=O)[O-].OC(Cl)c1ccccc1.[U]. The molecule has 16 nitrogen and oxygen atoms in total. The van der Waals surface area contributed by atoms with E-state index in [9.17, 15) is 56.8 Å². The number of aliphatic hydroxyl groups excluding tert-OH is 1. The van der Waals surface area contributed by atoms with Crippen molar-refractivity contribution in [3.05, 3.63) is 35.9 Å². The maximum atomic E-state index is 9.24. The van der Waals surface area contributed by atoms with Crippen molar-refractivity contribution in [2.24, 2.45) is 0 Å². The Labute approximate surface area is 207 Å². The minimum atomic E-state index is -3.24. The molecule has 7 atom stereocenters. The Morgan fingerprint density at radius 2 is 0.871 bits per heavy atom. The molecular weight excluding hydrogens is 799 g/mol. The van der Waals surface area contributed by atoms with Gasteiger partial charge in [-0.15, -0.1) is 0 Å². The molecule has 0 spiro atoms. The molecule has 1 aromatic rings. The number of alkyl halides is 1. The smallest absolute Gasteiger partial charge is 0.543 e. The molecule has 0 aliphatic rings. The van der Waals surface area contributed by atoms with E-state index < -0.39 is 55.1 Å². The van der Waals surface area contributed by atoms with Crippen molar-refractivity contribution < 1.29 is 106 Å². The first kappa shape index (κ1) is 39.0. The molecule has 0 fully saturated rings. The van der Waals surface area contributed by atoms with Crippen LogP contribution in [0.1, 0.15) is 11.1 Å². The molecule has 0 saturated heterocycles.